The lowest BCUT2D eigenvalue weighted by molar-refractivity contribution is 0.179. The number of carbonyl (C=O) groups is 1. The van der Waals surface area contributed by atoms with E-state index in [4.69, 9.17) is 17.3 Å². The van der Waals surface area contributed by atoms with E-state index in [-0.39, 0.29) is 6.03 Å². The summed E-state index contributed by atoms with van der Waals surface area (Å²) >= 11 is 5.85. The SMILES string of the molecule is NC(=O)N1CCC(Cc2ccc(Cl)cc2)CC1. The third kappa shape index (κ3) is 3.37. The predicted molar refractivity (Wildman–Crippen MR) is 69.0 cm³/mol. The van der Waals surface area contributed by atoms with Gasteiger partial charge in [-0.2, -0.15) is 0 Å². The zero-order chi connectivity index (χ0) is 12.3. The maximum Gasteiger partial charge on any atom is 0.314 e. The number of hydrogen-bond donors (Lipinski definition) is 1. The number of likely N-dealkylation sites (tertiary alicyclic amines) is 1. The third-order valence-electron chi connectivity index (χ3n) is 3.36. The standard InChI is InChI=1S/C13H17ClN2O/c14-12-3-1-10(2-4-12)9-11-5-7-16(8-6-11)13(15)17/h1-4,11H,5-9H2,(H2,15,17). The second kappa shape index (κ2) is 5.41. The largest absolute Gasteiger partial charge is 0.351 e. The van der Waals surface area contributed by atoms with E-state index in [0.717, 1.165) is 37.4 Å². The molecule has 0 bridgehead atoms. The van der Waals surface area contributed by atoms with E-state index in [1.54, 1.807) is 4.90 Å². The number of nitrogens with two attached hydrogens (primary N) is 1. The van der Waals surface area contributed by atoms with Gasteiger partial charge in [-0.15, -0.1) is 0 Å². The molecule has 0 aliphatic carbocycles. The molecule has 1 heterocycles. The molecule has 17 heavy (non-hydrogen) atoms. The Morgan fingerprint density at radius 1 is 1.29 bits per heavy atom. The lowest BCUT2D eigenvalue weighted by Gasteiger charge is -2.30. The summed E-state index contributed by atoms with van der Waals surface area (Å²) in [6, 6.07) is 7.70. The molecule has 0 spiro atoms. The van der Waals surface area contributed by atoms with Crippen LogP contribution in [-0.4, -0.2) is 24.0 Å². The van der Waals surface area contributed by atoms with Crippen LogP contribution in [0.2, 0.25) is 5.02 Å². The number of primary amides is 1. The summed E-state index contributed by atoms with van der Waals surface area (Å²) in [6.45, 7) is 1.57. The van der Waals surface area contributed by atoms with Crippen molar-refractivity contribution < 1.29 is 4.79 Å². The fourth-order valence-electron chi connectivity index (χ4n) is 2.31. The van der Waals surface area contributed by atoms with Crippen LogP contribution in [0.3, 0.4) is 0 Å². The lowest BCUT2D eigenvalue weighted by Crippen LogP contribution is -2.41. The third-order valence-corrected chi connectivity index (χ3v) is 3.62. The highest BCUT2D eigenvalue weighted by molar-refractivity contribution is 6.30. The highest BCUT2D eigenvalue weighted by Crippen LogP contribution is 2.22. The fraction of sp³-hybridized carbons (Fsp3) is 0.462. The summed E-state index contributed by atoms with van der Waals surface area (Å²) < 4.78 is 0. The van der Waals surface area contributed by atoms with Crippen LogP contribution in [0.4, 0.5) is 4.79 Å². The number of carbonyl (C=O) groups excluding carboxylic acids is 1. The Bertz CT molecular complexity index is 383. The van der Waals surface area contributed by atoms with Crippen LogP contribution in [-0.2, 0) is 6.42 Å². The second-order valence-corrected chi connectivity index (χ2v) is 5.04. The van der Waals surface area contributed by atoms with Crippen LogP contribution in [0.5, 0.6) is 0 Å². The van der Waals surface area contributed by atoms with E-state index in [1.807, 2.05) is 12.1 Å². The van der Waals surface area contributed by atoms with E-state index in [9.17, 15) is 4.79 Å². The van der Waals surface area contributed by atoms with Gasteiger partial charge in [0.15, 0.2) is 0 Å². The summed E-state index contributed by atoms with van der Waals surface area (Å²) in [5, 5.41) is 0.775. The molecule has 0 aromatic heterocycles. The van der Waals surface area contributed by atoms with Crippen molar-refractivity contribution in [3.05, 3.63) is 34.9 Å². The summed E-state index contributed by atoms with van der Waals surface area (Å²) in [5.74, 6) is 0.645. The molecule has 4 heteroatoms. The summed E-state index contributed by atoms with van der Waals surface area (Å²) in [7, 11) is 0. The van der Waals surface area contributed by atoms with Crippen molar-refractivity contribution in [3.63, 3.8) is 0 Å². The average molecular weight is 253 g/mol. The Morgan fingerprint density at radius 3 is 2.41 bits per heavy atom. The molecule has 0 atom stereocenters. The van der Waals surface area contributed by atoms with Gasteiger partial charge in [-0.1, -0.05) is 23.7 Å². The molecule has 0 saturated carbocycles. The highest BCUT2D eigenvalue weighted by atomic mass is 35.5. The molecular weight excluding hydrogens is 236 g/mol. The number of urea groups is 1. The first kappa shape index (κ1) is 12.2. The number of piperidine rings is 1. The van der Waals surface area contributed by atoms with E-state index < -0.39 is 0 Å². The molecule has 0 radical (unpaired) electrons. The minimum absolute atomic E-state index is 0.296. The zero-order valence-electron chi connectivity index (χ0n) is 9.73. The molecule has 1 saturated heterocycles. The van der Waals surface area contributed by atoms with Gasteiger partial charge >= 0.3 is 6.03 Å². The maximum atomic E-state index is 11.0. The van der Waals surface area contributed by atoms with Crippen molar-refractivity contribution in [2.24, 2.45) is 11.7 Å². The molecule has 1 aromatic rings. The van der Waals surface area contributed by atoms with Gasteiger partial charge in [0.2, 0.25) is 0 Å². The quantitative estimate of drug-likeness (QED) is 0.864. The lowest BCUT2D eigenvalue weighted by atomic mass is 9.90. The monoisotopic (exact) mass is 252 g/mol. The summed E-state index contributed by atoms with van der Waals surface area (Å²) in [5.41, 5.74) is 6.57. The highest BCUT2D eigenvalue weighted by Gasteiger charge is 2.21. The molecule has 92 valence electrons. The minimum Gasteiger partial charge on any atom is -0.351 e. The van der Waals surface area contributed by atoms with Gasteiger partial charge in [-0.3, -0.25) is 0 Å². The first-order valence-electron chi connectivity index (χ1n) is 5.94. The molecule has 1 aliphatic rings. The molecule has 2 amide bonds. The number of benzene rings is 1. The van der Waals surface area contributed by atoms with Crippen LogP contribution < -0.4 is 5.73 Å². The molecule has 2 rings (SSSR count). The van der Waals surface area contributed by atoms with E-state index in [0.29, 0.717) is 5.92 Å². The average Bonchev–Trinajstić information content (AvgIpc) is 2.33. The first-order valence-corrected chi connectivity index (χ1v) is 6.32. The van der Waals surface area contributed by atoms with Crippen molar-refractivity contribution in [1.29, 1.82) is 0 Å². The number of rotatable bonds is 2. The Kier molecular flexibility index (Phi) is 3.89. The summed E-state index contributed by atoms with van der Waals surface area (Å²) in [4.78, 5) is 12.7. The summed E-state index contributed by atoms with van der Waals surface area (Å²) in [6.07, 6.45) is 3.13. The van der Waals surface area contributed by atoms with Gasteiger partial charge in [-0.05, 0) is 42.9 Å². The Hall–Kier alpha value is -1.22. The fourth-order valence-corrected chi connectivity index (χ4v) is 2.44. The van der Waals surface area contributed by atoms with Crippen LogP contribution >= 0.6 is 11.6 Å². The van der Waals surface area contributed by atoms with E-state index in [1.165, 1.54) is 5.56 Å². The number of amides is 2. The van der Waals surface area contributed by atoms with Crippen LogP contribution in [0, 0.1) is 5.92 Å². The molecular formula is C13H17ClN2O. The normalized spacial score (nSPS) is 17.1. The number of hydrogen-bond acceptors (Lipinski definition) is 1. The number of halogens is 1. The van der Waals surface area contributed by atoms with Gasteiger partial charge in [0.25, 0.3) is 0 Å². The Morgan fingerprint density at radius 2 is 1.88 bits per heavy atom. The Labute approximate surface area is 107 Å². The van der Waals surface area contributed by atoms with Crippen molar-refractivity contribution in [1.82, 2.24) is 4.90 Å². The predicted octanol–water partition coefficient (Wildman–Crippen LogP) is 2.67. The van der Waals surface area contributed by atoms with Gasteiger partial charge < -0.3 is 10.6 Å². The van der Waals surface area contributed by atoms with Gasteiger partial charge in [0.1, 0.15) is 0 Å². The molecule has 1 fully saturated rings. The van der Waals surface area contributed by atoms with Crippen LogP contribution in [0.25, 0.3) is 0 Å². The van der Waals surface area contributed by atoms with Crippen molar-refractivity contribution in [2.75, 3.05) is 13.1 Å². The molecule has 1 aliphatic heterocycles. The van der Waals surface area contributed by atoms with Crippen molar-refractivity contribution in [2.45, 2.75) is 19.3 Å². The van der Waals surface area contributed by atoms with Crippen LogP contribution in [0.15, 0.2) is 24.3 Å². The minimum atomic E-state index is -0.296. The van der Waals surface area contributed by atoms with Gasteiger partial charge in [-0.25, -0.2) is 4.79 Å². The van der Waals surface area contributed by atoms with Crippen molar-refractivity contribution in [3.8, 4) is 0 Å². The van der Waals surface area contributed by atoms with Crippen LogP contribution in [0.1, 0.15) is 18.4 Å². The first-order chi connectivity index (χ1) is 8.15. The van der Waals surface area contributed by atoms with E-state index >= 15 is 0 Å². The van der Waals surface area contributed by atoms with Crippen molar-refractivity contribution >= 4 is 17.6 Å². The Balaban J connectivity index is 1.85. The van der Waals surface area contributed by atoms with Gasteiger partial charge in [0.05, 0.1) is 0 Å². The smallest absolute Gasteiger partial charge is 0.314 e. The number of nitrogens with zero attached hydrogens (tertiary/aromatic N) is 1. The maximum absolute atomic E-state index is 11.0. The molecule has 3 nitrogen and oxygen atoms in total. The zero-order valence-corrected chi connectivity index (χ0v) is 10.5. The molecule has 1 aromatic carbocycles. The topological polar surface area (TPSA) is 46.3 Å². The van der Waals surface area contributed by atoms with Gasteiger partial charge in [0, 0.05) is 18.1 Å². The van der Waals surface area contributed by atoms with E-state index in [2.05, 4.69) is 12.1 Å². The second-order valence-electron chi connectivity index (χ2n) is 4.60. The molecule has 2 N–H and O–H groups in total. The molecule has 0 unspecified atom stereocenters.